The van der Waals surface area contributed by atoms with Crippen molar-refractivity contribution in [3.63, 3.8) is 0 Å². The number of nitrogens with one attached hydrogen (secondary N) is 2. The van der Waals surface area contributed by atoms with E-state index >= 15 is 0 Å². The normalized spacial score (nSPS) is 25.9. The summed E-state index contributed by atoms with van der Waals surface area (Å²) in [4.78, 5) is 11.7. The van der Waals surface area contributed by atoms with E-state index in [9.17, 15) is 18.0 Å². The van der Waals surface area contributed by atoms with Crippen molar-refractivity contribution < 1.29 is 18.0 Å². The van der Waals surface area contributed by atoms with Gasteiger partial charge in [0.05, 0.1) is 5.92 Å². The minimum absolute atomic E-state index is 0.0797. The minimum atomic E-state index is -4.09. The second-order valence-electron chi connectivity index (χ2n) is 5.32. The third-order valence-electron chi connectivity index (χ3n) is 3.60. The van der Waals surface area contributed by atoms with E-state index in [0.29, 0.717) is 19.3 Å². The first kappa shape index (κ1) is 16.3. The van der Waals surface area contributed by atoms with Crippen LogP contribution < -0.4 is 10.6 Å². The van der Waals surface area contributed by atoms with Crippen LogP contribution in [0.15, 0.2) is 0 Å². The summed E-state index contributed by atoms with van der Waals surface area (Å²) in [5.41, 5.74) is 0. The van der Waals surface area contributed by atoms with Gasteiger partial charge in [-0.1, -0.05) is 6.92 Å². The average molecular weight is 280 g/mol. The van der Waals surface area contributed by atoms with E-state index in [2.05, 4.69) is 10.6 Å². The molecule has 1 saturated carbocycles. The van der Waals surface area contributed by atoms with E-state index in [4.69, 9.17) is 0 Å². The van der Waals surface area contributed by atoms with E-state index < -0.39 is 12.1 Å². The standard InChI is InChI=1S/C13H23F3N2O/c1-3-17-9(2)8-12(19)18-11-6-4-10(5-7-11)13(14,15)16/h9-11,17H,3-8H2,1-2H3,(H,18,19). The summed E-state index contributed by atoms with van der Waals surface area (Å²) in [6, 6.07) is -0.00330. The van der Waals surface area contributed by atoms with Gasteiger partial charge in [0.2, 0.25) is 5.91 Å². The Balaban J connectivity index is 2.27. The average Bonchev–Trinajstić information content (AvgIpc) is 2.28. The predicted molar refractivity (Wildman–Crippen MR) is 67.7 cm³/mol. The maximum Gasteiger partial charge on any atom is 0.391 e. The van der Waals surface area contributed by atoms with E-state index in [-0.39, 0.29) is 30.8 Å². The molecule has 0 aliphatic heterocycles. The molecule has 6 heteroatoms. The molecule has 1 amide bonds. The summed E-state index contributed by atoms with van der Waals surface area (Å²) >= 11 is 0. The molecule has 0 spiro atoms. The summed E-state index contributed by atoms with van der Waals surface area (Å²) in [5, 5.41) is 5.96. The predicted octanol–water partition coefficient (Wildman–Crippen LogP) is 2.61. The molecular formula is C13H23F3N2O. The van der Waals surface area contributed by atoms with Crippen molar-refractivity contribution in [1.82, 2.24) is 10.6 Å². The lowest BCUT2D eigenvalue weighted by Gasteiger charge is -2.30. The number of hydrogen-bond acceptors (Lipinski definition) is 2. The van der Waals surface area contributed by atoms with E-state index in [1.807, 2.05) is 13.8 Å². The van der Waals surface area contributed by atoms with Crippen molar-refractivity contribution in [2.75, 3.05) is 6.54 Å². The Morgan fingerprint density at radius 3 is 2.32 bits per heavy atom. The first-order chi connectivity index (χ1) is 8.82. The summed E-state index contributed by atoms with van der Waals surface area (Å²) in [7, 11) is 0. The first-order valence-electron chi connectivity index (χ1n) is 6.92. The summed E-state index contributed by atoms with van der Waals surface area (Å²) in [6.07, 6.45) is -2.63. The summed E-state index contributed by atoms with van der Waals surface area (Å²) in [6.45, 7) is 4.68. The molecule has 1 aliphatic rings. The number of rotatable bonds is 5. The molecule has 0 aromatic heterocycles. The van der Waals surface area contributed by atoms with E-state index in [1.165, 1.54) is 0 Å². The molecule has 112 valence electrons. The first-order valence-corrected chi connectivity index (χ1v) is 6.92. The zero-order valence-electron chi connectivity index (χ0n) is 11.5. The minimum Gasteiger partial charge on any atom is -0.353 e. The summed E-state index contributed by atoms with van der Waals surface area (Å²) in [5.74, 6) is -1.27. The molecule has 1 aliphatic carbocycles. The van der Waals surface area contributed by atoms with E-state index in [0.717, 1.165) is 6.54 Å². The highest BCUT2D eigenvalue weighted by atomic mass is 19.4. The van der Waals surface area contributed by atoms with Gasteiger partial charge in [-0.2, -0.15) is 13.2 Å². The van der Waals surface area contributed by atoms with Crippen LogP contribution in [-0.2, 0) is 4.79 Å². The van der Waals surface area contributed by atoms with Crippen molar-refractivity contribution in [2.45, 2.75) is 64.2 Å². The van der Waals surface area contributed by atoms with Crippen LogP contribution in [0.25, 0.3) is 0 Å². The molecule has 2 N–H and O–H groups in total. The molecule has 0 aromatic carbocycles. The molecule has 19 heavy (non-hydrogen) atoms. The number of alkyl halides is 3. The summed E-state index contributed by atoms with van der Waals surface area (Å²) < 4.78 is 37.5. The van der Waals surface area contributed by atoms with Gasteiger partial charge >= 0.3 is 6.18 Å². The number of halogens is 3. The Morgan fingerprint density at radius 1 is 1.26 bits per heavy atom. The Morgan fingerprint density at radius 2 is 1.84 bits per heavy atom. The lowest BCUT2D eigenvalue weighted by Crippen LogP contribution is -2.42. The van der Waals surface area contributed by atoms with Crippen molar-refractivity contribution in [1.29, 1.82) is 0 Å². The van der Waals surface area contributed by atoms with Crippen molar-refractivity contribution in [2.24, 2.45) is 5.92 Å². The van der Waals surface area contributed by atoms with Gasteiger partial charge in [0.1, 0.15) is 0 Å². The largest absolute Gasteiger partial charge is 0.391 e. The molecule has 0 saturated heterocycles. The highest BCUT2D eigenvalue weighted by Crippen LogP contribution is 2.37. The van der Waals surface area contributed by atoms with Crippen molar-refractivity contribution >= 4 is 5.91 Å². The number of amides is 1. The molecule has 0 radical (unpaired) electrons. The Labute approximate surface area is 112 Å². The van der Waals surface area contributed by atoms with Crippen LogP contribution in [-0.4, -0.2) is 30.7 Å². The highest BCUT2D eigenvalue weighted by molar-refractivity contribution is 5.76. The van der Waals surface area contributed by atoms with Gasteiger partial charge in [-0.3, -0.25) is 4.79 Å². The van der Waals surface area contributed by atoms with Crippen LogP contribution in [0.4, 0.5) is 13.2 Å². The van der Waals surface area contributed by atoms with Crippen LogP contribution in [0, 0.1) is 5.92 Å². The monoisotopic (exact) mass is 280 g/mol. The van der Waals surface area contributed by atoms with Crippen LogP contribution in [0.3, 0.4) is 0 Å². The highest BCUT2D eigenvalue weighted by Gasteiger charge is 2.41. The molecular weight excluding hydrogens is 257 g/mol. The number of carbonyl (C=O) groups is 1. The molecule has 1 rings (SSSR count). The Hall–Kier alpha value is -0.780. The smallest absolute Gasteiger partial charge is 0.353 e. The van der Waals surface area contributed by atoms with Crippen molar-refractivity contribution in [3.05, 3.63) is 0 Å². The fourth-order valence-corrected chi connectivity index (χ4v) is 2.55. The lowest BCUT2D eigenvalue weighted by atomic mass is 9.85. The van der Waals surface area contributed by atoms with Crippen molar-refractivity contribution in [3.8, 4) is 0 Å². The quantitative estimate of drug-likeness (QED) is 0.813. The van der Waals surface area contributed by atoms with Crippen LogP contribution >= 0.6 is 0 Å². The second kappa shape index (κ2) is 7.12. The van der Waals surface area contributed by atoms with Gasteiger partial charge in [0.15, 0.2) is 0 Å². The zero-order valence-corrected chi connectivity index (χ0v) is 11.5. The van der Waals surface area contributed by atoms with Crippen LogP contribution in [0.2, 0.25) is 0 Å². The zero-order chi connectivity index (χ0) is 14.5. The van der Waals surface area contributed by atoms with Crippen LogP contribution in [0.1, 0.15) is 46.0 Å². The fraction of sp³-hybridized carbons (Fsp3) is 0.923. The van der Waals surface area contributed by atoms with Gasteiger partial charge in [-0.15, -0.1) is 0 Å². The maximum atomic E-state index is 12.5. The number of hydrogen-bond donors (Lipinski definition) is 2. The molecule has 0 bridgehead atoms. The number of carbonyl (C=O) groups excluding carboxylic acids is 1. The topological polar surface area (TPSA) is 41.1 Å². The third kappa shape index (κ3) is 5.80. The van der Waals surface area contributed by atoms with Gasteiger partial charge in [0, 0.05) is 18.5 Å². The van der Waals surface area contributed by atoms with Gasteiger partial charge in [0.25, 0.3) is 0 Å². The fourth-order valence-electron chi connectivity index (χ4n) is 2.55. The van der Waals surface area contributed by atoms with E-state index in [1.54, 1.807) is 0 Å². The molecule has 1 unspecified atom stereocenters. The maximum absolute atomic E-state index is 12.5. The molecule has 0 aromatic rings. The SMILES string of the molecule is CCNC(C)CC(=O)NC1CCC(C(F)(F)F)CC1. The van der Waals surface area contributed by atoms with Crippen LogP contribution in [0.5, 0.6) is 0 Å². The van der Waals surface area contributed by atoms with Gasteiger partial charge in [-0.25, -0.2) is 0 Å². The molecule has 0 heterocycles. The van der Waals surface area contributed by atoms with Gasteiger partial charge in [-0.05, 0) is 39.2 Å². The molecule has 3 nitrogen and oxygen atoms in total. The molecule has 1 atom stereocenters. The lowest BCUT2D eigenvalue weighted by molar-refractivity contribution is -0.182. The Bertz CT molecular complexity index is 286. The van der Waals surface area contributed by atoms with Gasteiger partial charge < -0.3 is 10.6 Å². The molecule has 1 fully saturated rings. The second-order valence-corrected chi connectivity index (χ2v) is 5.32. The third-order valence-corrected chi connectivity index (χ3v) is 3.60. The Kier molecular flexibility index (Phi) is 6.10.